The summed E-state index contributed by atoms with van der Waals surface area (Å²) in [6.07, 6.45) is 0. The second-order valence-electron chi connectivity index (χ2n) is 2.88. The van der Waals surface area contributed by atoms with E-state index in [1.165, 1.54) is 0 Å². The monoisotopic (exact) mass is 144 g/mol. The van der Waals surface area contributed by atoms with E-state index in [0.717, 1.165) is 19.6 Å². The van der Waals surface area contributed by atoms with Crippen LogP contribution in [0, 0.1) is 0 Å². The fourth-order valence-electron chi connectivity index (χ4n) is 1.31. The van der Waals surface area contributed by atoms with Gasteiger partial charge in [-0.2, -0.15) is 0 Å². The second-order valence-corrected chi connectivity index (χ2v) is 2.88. The molecule has 0 amide bonds. The number of hydrogen-bond donors (Lipinski definition) is 3. The van der Waals surface area contributed by atoms with Crippen LogP contribution in [0.5, 0.6) is 0 Å². The molecule has 1 aliphatic heterocycles. The molecule has 0 spiro atoms. The van der Waals surface area contributed by atoms with Crippen molar-refractivity contribution in [2.24, 2.45) is 17.2 Å². The predicted molar refractivity (Wildman–Crippen MR) is 41.4 cm³/mol. The highest BCUT2D eigenvalue weighted by Crippen LogP contribution is 2.04. The van der Waals surface area contributed by atoms with Crippen LogP contribution in [-0.2, 0) is 0 Å². The molecule has 4 heteroatoms. The lowest BCUT2D eigenvalue weighted by Gasteiger charge is -2.12. The van der Waals surface area contributed by atoms with Gasteiger partial charge in [0.1, 0.15) is 0 Å². The lowest BCUT2D eigenvalue weighted by atomic mass is 10.2. The Bertz CT molecular complexity index is 95.9. The first-order chi connectivity index (χ1) is 4.74. The van der Waals surface area contributed by atoms with E-state index in [1.54, 1.807) is 0 Å². The molecular weight excluding hydrogens is 128 g/mol. The zero-order valence-electron chi connectivity index (χ0n) is 6.16. The van der Waals surface area contributed by atoms with Gasteiger partial charge in [-0.3, -0.25) is 4.90 Å². The molecule has 60 valence electrons. The van der Waals surface area contributed by atoms with Gasteiger partial charge in [-0.25, -0.2) is 0 Å². The highest BCUT2D eigenvalue weighted by atomic mass is 15.2. The van der Waals surface area contributed by atoms with Gasteiger partial charge in [-0.05, 0) is 0 Å². The zero-order chi connectivity index (χ0) is 7.56. The first-order valence-electron chi connectivity index (χ1n) is 3.67. The van der Waals surface area contributed by atoms with Crippen molar-refractivity contribution in [3.8, 4) is 0 Å². The molecule has 0 aromatic carbocycles. The fraction of sp³-hybridized carbons (Fsp3) is 1.00. The third kappa shape index (κ3) is 1.67. The molecule has 10 heavy (non-hydrogen) atoms. The maximum absolute atomic E-state index is 5.69. The van der Waals surface area contributed by atoms with Crippen LogP contribution in [0.2, 0.25) is 0 Å². The zero-order valence-corrected chi connectivity index (χ0v) is 6.16. The number of hydrogen-bond acceptors (Lipinski definition) is 4. The molecule has 2 atom stereocenters. The molecule has 1 fully saturated rings. The summed E-state index contributed by atoms with van der Waals surface area (Å²) in [5.74, 6) is 0. The van der Waals surface area contributed by atoms with E-state index < -0.39 is 0 Å². The minimum absolute atomic E-state index is 0.145. The van der Waals surface area contributed by atoms with Crippen molar-refractivity contribution in [1.82, 2.24) is 4.90 Å². The van der Waals surface area contributed by atoms with Gasteiger partial charge in [0, 0.05) is 38.3 Å². The fourth-order valence-corrected chi connectivity index (χ4v) is 1.31. The van der Waals surface area contributed by atoms with Crippen molar-refractivity contribution in [3.05, 3.63) is 0 Å². The van der Waals surface area contributed by atoms with Gasteiger partial charge in [0.05, 0.1) is 0 Å². The summed E-state index contributed by atoms with van der Waals surface area (Å²) in [5.41, 5.74) is 16.8. The van der Waals surface area contributed by atoms with Gasteiger partial charge >= 0.3 is 0 Å². The molecule has 0 unspecified atom stereocenters. The molecule has 0 aromatic heterocycles. The van der Waals surface area contributed by atoms with E-state index in [2.05, 4.69) is 4.90 Å². The van der Waals surface area contributed by atoms with Gasteiger partial charge in [0.15, 0.2) is 0 Å². The quantitative estimate of drug-likeness (QED) is 0.415. The largest absolute Gasteiger partial charge is 0.329 e. The predicted octanol–water partition coefficient (Wildman–Crippen LogP) is -2.08. The number of nitrogens with zero attached hydrogens (tertiary/aromatic N) is 1. The Balaban J connectivity index is 2.27. The lowest BCUT2D eigenvalue weighted by molar-refractivity contribution is 0.341. The summed E-state index contributed by atoms with van der Waals surface area (Å²) >= 11 is 0. The van der Waals surface area contributed by atoms with Gasteiger partial charge in [-0.1, -0.05) is 0 Å². The van der Waals surface area contributed by atoms with Gasteiger partial charge < -0.3 is 17.2 Å². The summed E-state index contributed by atoms with van der Waals surface area (Å²) < 4.78 is 0. The Morgan fingerprint density at radius 1 is 1.20 bits per heavy atom. The van der Waals surface area contributed by atoms with Crippen LogP contribution in [0.4, 0.5) is 0 Å². The summed E-state index contributed by atoms with van der Waals surface area (Å²) in [7, 11) is 0. The SMILES string of the molecule is NCCN1C[C@H](N)[C@@H](N)C1. The van der Waals surface area contributed by atoms with Gasteiger partial charge in [0.25, 0.3) is 0 Å². The average molecular weight is 144 g/mol. The van der Waals surface area contributed by atoms with E-state index in [4.69, 9.17) is 17.2 Å². The van der Waals surface area contributed by atoms with Crippen molar-refractivity contribution in [2.75, 3.05) is 26.2 Å². The standard InChI is InChI=1S/C6H16N4/c7-1-2-10-3-5(8)6(9)4-10/h5-6H,1-4,7-9H2/t5-,6-/m0/s1. The van der Waals surface area contributed by atoms with Gasteiger partial charge in [-0.15, -0.1) is 0 Å². The summed E-state index contributed by atoms with van der Waals surface area (Å²) in [4.78, 5) is 2.20. The Kier molecular flexibility index (Phi) is 2.62. The van der Waals surface area contributed by atoms with E-state index in [1.807, 2.05) is 0 Å². The lowest BCUT2D eigenvalue weighted by Crippen LogP contribution is -2.39. The van der Waals surface area contributed by atoms with Crippen LogP contribution in [-0.4, -0.2) is 43.2 Å². The first-order valence-corrected chi connectivity index (χ1v) is 3.67. The topological polar surface area (TPSA) is 81.3 Å². The normalized spacial score (nSPS) is 35.1. The molecule has 0 bridgehead atoms. The third-order valence-corrected chi connectivity index (χ3v) is 1.93. The van der Waals surface area contributed by atoms with E-state index in [9.17, 15) is 0 Å². The third-order valence-electron chi connectivity index (χ3n) is 1.93. The molecular formula is C6H16N4. The molecule has 0 saturated carbocycles. The number of rotatable bonds is 2. The van der Waals surface area contributed by atoms with Crippen molar-refractivity contribution >= 4 is 0 Å². The number of nitrogens with two attached hydrogens (primary N) is 3. The summed E-state index contributed by atoms with van der Waals surface area (Å²) in [5, 5.41) is 0. The molecule has 0 aromatic rings. The van der Waals surface area contributed by atoms with Crippen LogP contribution in [0.15, 0.2) is 0 Å². The summed E-state index contributed by atoms with van der Waals surface area (Å²) in [6, 6.07) is 0.290. The van der Waals surface area contributed by atoms with Crippen LogP contribution < -0.4 is 17.2 Å². The van der Waals surface area contributed by atoms with Crippen molar-refractivity contribution in [2.45, 2.75) is 12.1 Å². The average Bonchev–Trinajstić information content (AvgIpc) is 2.14. The molecule has 1 rings (SSSR count). The van der Waals surface area contributed by atoms with Gasteiger partial charge in [0.2, 0.25) is 0 Å². The number of likely N-dealkylation sites (tertiary alicyclic amines) is 1. The van der Waals surface area contributed by atoms with Crippen LogP contribution >= 0.6 is 0 Å². The molecule has 1 heterocycles. The minimum Gasteiger partial charge on any atom is -0.329 e. The highest BCUT2D eigenvalue weighted by Gasteiger charge is 2.25. The Labute approximate surface area is 61.3 Å². The van der Waals surface area contributed by atoms with E-state index in [-0.39, 0.29) is 12.1 Å². The molecule has 0 aliphatic carbocycles. The molecule has 1 aliphatic rings. The van der Waals surface area contributed by atoms with Crippen molar-refractivity contribution < 1.29 is 0 Å². The van der Waals surface area contributed by atoms with Crippen molar-refractivity contribution in [3.63, 3.8) is 0 Å². The summed E-state index contributed by atoms with van der Waals surface area (Å²) in [6.45, 7) is 3.41. The maximum Gasteiger partial charge on any atom is 0.0334 e. The van der Waals surface area contributed by atoms with Crippen LogP contribution in [0.3, 0.4) is 0 Å². The molecule has 0 radical (unpaired) electrons. The van der Waals surface area contributed by atoms with Crippen LogP contribution in [0.1, 0.15) is 0 Å². The molecule has 4 nitrogen and oxygen atoms in total. The van der Waals surface area contributed by atoms with Crippen molar-refractivity contribution in [1.29, 1.82) is 0 Å². The van der Waals surface area contributed by atoms with Crippen LogP contribution in [0.25, 0.3) is 0 Å². The molecule has 6 N–H and O–H groups in total. The first kappa shape index (κ1) is 7.94. The highest BCUT2D eigenvalue weighted by molar-refractivity contribution is 4.89. The Morgan fingerprint density at radius 2 is 1.70 bits per heavy atom. The van der Waals surface area contributed by atoms with E-state index >= 15 is 0 Å². The Hall–Kier alpha value is -0.160. The maximum atomic E-state index is 5.69. The molecule has 1 saturated heterocycles. The van der Waals surface area contributed by atoms with E-state index in [0.29, 0.717) is 6.54 Å². The Morgan fingerprint density at radius 3 is 2.10 bits per heavy atom. The second kappa shape index (κ2) is 3.30. The smallest absolute Gasteiger partial charge is 0.0334 e. The minimum atomic E-state index is 0.145.